The fraction of sp³-hybridized carbons (Fsp3) is 0.235. The van der Waals surface area contributed by atoms with Crippen LogP contribution < -0.4 is 15.0 Å². The Morgan fingerprint density at radius 3 is 2.52 bits per heavy atom. The van der Waals surface area contributed by atoms with E-state index in [0.29, 0.717) is 17.9 Å². The van der Waals surface area contributed by atoms with Gasteiger partial charge in [-0.15, -0.1) is 0 Å². The Kier molecular flexibility index (Phi) is 3.52. The maximum Gasteiger partial charge on any atom is 0.192 e. The van der Waals surface area contributed by atoms with Crippen molar-refractivity contribution in [2.24, 2.45) is 0 Å². The van der Waals surface area contributed by atoms with Crippen LogP contribution in [0.2, 0.25) is 0 Å². The van der Waals surface area contributed by atoms with Gasteiger partial charge in [-0.05, 0) is 36.4 Å². The molecule has 3 rings (SSSR count). The van der Waals surface area contributed by atoms with Gasteiger partial charge in [-0.2, -0.15) is 0 Å². The van der Waals surface area contributed by atoms with Crippen LogP contribution in [0.5, 0.6) is 5.75 Å². The first-order valence-electron chi connectivity index (χ1n) is 6.95. The molecule has 0 radical (unpaired) electrons. The van der Waals surface area contributed by atoms with E-state index in [4.69, 9.17) is 4.74 Å². The molecule has 21 heavy (non-hydrogen) atoms. The maximum atomic E-state index is 12.4. The quantitative estimate of drug-likeness (QED) is 0.940. The number of Topliss-reactive ketones (excluding diaryl/α,β-unsaturated/α-hetero) is 1. The molecule has 2 aromatic rings. The highest BCUT2D eigenvalue weighted by atomic mass is 16.5. The Labute approximate surface area is 124 Å². The molecular formula is C17H18N2O2. The average Bonchev–Trinajstić information content (AvgIpc) is 2.51. The molecule has 1 N–H and O–H groups in total. The molecule has 1 heterocycles. The second-order valence-electron chi connectivity index (χ2n) is 5.31. The van der Waals surface area contributed by atoms with Crippen LogP contribution in [0.15, 0.2) is 48.5 Å². The molecule has 0 amide bonds. The lowest BCUT2D eigenvalue weighted by molar-refractivity contribution is 0.0912. The van der Waals surface area contributed by atoms with E-state index in [9.17, 15) is 4.79 Å². The zero-order chi connectivity index (χ0) is 14.8. The van der Waals surface area contributed by atoms with E-state index in [0.717, 1.165) is 11.4 Å². The Bertz CT molecular complexity index is 650. The predicted octanol–water partition coefficient (Wildman–Crippen LogP) is 2.81. The van der Waals surface area contributed by atoms with Gasteiger partial charge < -0.3 is 15.0 Å². The van der Waals surface area contributed by atoms with Crippen LogP contribution in [-0.4, -0.2) is 32.5 Å². The molecule has 4 heteroatoms. The van der Waals surface area contributed by atoms with E-state index >= 15 is 0 Å². The molecule has 0 saturated carbocycles. The van der Waals surface area contributed by atoms with Crippen molar-refractivity contribution in [3.05, 3.63) is 54.1 Å². The van der Waals surface area contributed by atoms with E-state index in [1.807, 2.05) is 61.5 Å². The fourth-order valence-electron chi connectivity index (χ4n) is 2.40. The average molecular weight is 282 g/mol. The van der Waals surface area contributed by atoms with Gasteiger partial charge in [0.05, 0.1) is 5.56 Å². The first-order valence-corrected chi connectivity index (χ1v) is 6.95. The van der Waals surface area contributed by atoms with Crippen molar-refractivity contribution in [2.75, 3.05) is 30.9 Å². The lowest BCUT2D eigenvalue weighted by Gasteiger charge is -2.25. The number of fused-ring (bicyclic) bond motifs is 1. The van der Waals surface area contributed by atoms with Crippen molar-refractivity contribution in [1.82, 2.24) is 0 Å². The molecule has 108 valence electrons. The number of ketones is 1. The van der Waals surface area contributed by atoms with Crippen LogP contribution in [0.4, 0.5) is 11.4 Å². The lowest BCUT2D eigenvalue weighted by Crippen LogP contribution is -2.39. The molecule has 1 aliphatic rings. The van der Waals surface area contributed by atoms with E-state index in [1.165, 1.54) is 0 Å². The number of ether oxygens (including phenoxy) is 1. The van der Waals surface area contributed by atoms with Crippen molar-refractivity contribution < 1.29 is 9.53 Å². The van der Waals surface area contributed by atoms with Gasteiger partial charge in [0.25, 0.3) is 0 Å². The zero-order valence-corrected chi connectivity index (χ0v) is 12.2. The smallest absolute Gasteiger partial charge is 0.192 e. The number of carbonyl (C=O) groups excluding carboxylic acids is 1. The third-order valence-electron chi connectivity index (χ3n) is 3.60. The molecule has 4 nitrogen and oxygen atoms in total. The Morgan fingerprint density at radius 1 is 1.10 bits per heavy atom. The van der Waals surface area contributed by atoms with E-state index in [2.05, 4.69) is 5.32 Å². The number of anilines is 2. The van der Waals surface area contributed by atoms with Crippen molar-refractivity contribution in [1.29, 1.82) is 0 Å². The molecule has 1 aliphatic heterocycles. The van der Waals surface area contributed by atoms with Crippen LogP contribution >= 0.6 is 0 Å². The van der Waals surface area contributed by atoms with Gasteiger partial charge in [0.15, 0.2) is 5.78 Å². The minimum absolute atomic E-state index is 0.0773. The minimum atomic E-state index is -0.342. The fourth-order valence-corrected chi connectivity index (χ4v) is 2.40. The van der Waals surface area contributed by atoms with Crippen LogP contribution in [0.25, 0.3) is 0 Å². The molecule has 2 aromatic carbocycles. The largest absolute Gasteiger partial charge is 0.490 e. The number of hydrogen-bond acceptors (Lipinski definition) is 4. The summed E-state index contributed by atoms with van der Waals surface area (Å²) in [4.78, 5) is 14.5. The minimum Gasteiger partial charge on any atom is -0.490 e. The second kappa shape index (κ2) is 5.48. The van der Waals surface area contributed by atoms with Crippen LogP contribution in [-0.2, 0) is 0 Å². The second-order valence-corrected chi connectivity index (χ2v) is 5.31. The predicted molar refractivity (Wildman–Crippen MR) is 84.4 cm³/mol. The third kappa shape index (κ3) is 2.70. The van der Waals surface area contributed by atoms with Crippen LogP contribution in [0, 0.1) is 0 Å². The molecular weight excluding hydrogens is 264 g/mol. The molecule has 0 saturated heterocycles. The molecule has 0 spiro atoms. The van der Waals surface area contributed by atoms with Crippen molar-refractivity contribution in [2.45, 2.75) is 6.04 Å². The Hall–Kier alpha value is -2.49. The van der Waals surface area contributed by atoms with Crippen LogP contribution in [0.3, 0.4) is 0 Å². The summed E-state index contributed by atoms with van der Waals surface area (Å²) in [7, 11) is 4.00. The molecule has 0 unspecified atom stereocenters. The van der Waals surface area contributed by atoms with Gasteiger partial charge in [0.1, 0.15) is 18.4 Å². The van der Waals surface area contributed by atoms with Crippen molar-refractivity contribution in [3.8, 4) is 5.75 Å². The standard InChI is InChI=1S/C17H18N2O2/c1-19(2)13-9-7-12(8-10-13)18-15-11-21-16-6-4-3-5-14(16)17(15)20/h3-10,15,18H,11H2,1-2H3/t15-/m0/s1. The highest BCUT2D eigenvalue weighted by molar-refractivity contribution is 6.04. The number of para-hydroxylation sites is 1. The number of rotatable bonds is 3. The van der Waals surface area contributed by atoms with E-state index < -0.39 is 0 Å². The van der Waals surface area contributed by atoms with Gasteiger partial charge in [-0.25, -0.2) is 0 Å². The normalized spacial score (nSPS) is 16.9. The number of nitrogens with one attached hydrogen (secondary N) is 1. The highest BCUT2D eigenvalue weighted by Crippen LogP contribution is 2.26. The van der Waals surface area contributed by atoms with Crippen molar-refractivity contribution >= 4 is 17.2 Å². The van der Waals surface area contributed by atoms with Gasteiger partial charge in [-0.3, -0.25) is 4.79 Å². The number of nitrogens with zero attached hydrogens (tertiary/aromatic N) is 1. The summed E-state index contributed by atoms with van der Waals surface area (Å²) in [6.45, 7) is 0.352. The summed E-state index contributed by atoms with van der Waals surface area (Å²) >= 11 is 0. The molecule has 0 aromatic heterocycles. The SMILES string of the molecule is CN(C)c1ccc(N[C@H]2COc3ccccc3C2=O)cc1. The molecule has 0 bridgehead atoms. The summed E-state index contributed by atoms with van der Waals surface area (Å²) in [6.07, 6.45) is 0. The summed E-state index contributed by atoms with van der Waals surface area (Å²) in [5.41, 5.74) is 2.69. The molecule has 0 fully saturated rings. The van der Waals surface area contributed by atoms with Gasteiger partial charge in [0.2, 0.25) is 0 Å². The summed E-state index contributed by atoms with van der Waals surface area (Å²) < 4.78 is 5.65. The Morgan fingerprint density at radius 2 is 1.81 bits per heavy atom. The third-order valence-corrected chi connectivity index (χ3v) is 3.60. The van der Waals surface area contributed by atoms with E-state index in [-0.39, 0.29) is 11.8 Å². The first kappa shape index (κ1) is 13.5. The van der Waals surface area contributed by atoms with Gasteiger partial charge >= 0.3 is 0 Å². The number of hydrogen-bond donors (Lipinski definition) is 1. The van der Waals surface area contributed by atoms with E-state index in [1.54, 1.807) is 6.07 Å². The van der Waals surface area contributed by atoms with Crippen molar-refractivity contribution in [3.63, 3.8) is 0 Å². The molecule has 1 atom stereocenters. The highest BCUT2D eigenvalue weighted by Gasteiger charge is 2.28. The maximum absolute atomic E-state index is 12.4. The Balaban J connectivity index is 1.76. The van der Waals surface area contributed by atoms with Gasteiger partial charge in [0, 0.05) is 25.5 Å². The first-order chi connectivity index (χ1) is 10.1. The monoisotopic (exact) mass is 282 g/mol. The summed E-state index contributed by atoms with van der Waals surface area (Å²) in [6, 6.07) is 15.0. The topological polar surface area (TPSA) is 41.6 Å². The number of benzene rings is 2. The molecule has 0 aliphatic carbocycles. The lowest BCUT2D eigenvalue weighted by atomic mass is 10.0. The zero-order valence-electron chi connectivity index (χ0n) is 12.2. The number of carbonyl (C=O) groups is 1. The summed E-state index contributed by atoms with van der Waals surface area (Å²) in [5.74, 6) is 0.747. The summed E-state index contributed by atoms with van der Waals surface area (Å²) in [5, 5.41) is 3.24. The van der Waals surface area contributed by atoms with Crippen LogP contribution in [0.1, 0.15) is 10.4 Å². The van der Waals surface area contributed by atoms with Gasteiger partial charge in [-0.1, -0.05) is 12.1 Å².